The molecule has 2 saturated carbocycles. The van der Waals surface area contributed by atoms with Gasteiger partial charge >= 0.3 is 5.97 Å². The smallest absolute Gasteiger partial charge is 0.322 e. The fourth-order valence-electron chi connectivity index (χ4n) is 2.35. The second-order valence-corrected chi connectivity index (χ2v) is 5.07. The van der Waals surface area contributed by atoms with E-state index in [9.17, 15) is 14.4 Å². The molecule has 3 aliphatic rings. The van der Waals surface area contributed by atoms with Crippen molar-refractivity contribution >= 4 is 17.8 Å². The Labute approximate surface area is 98.0 Å². The van der Waals surface area contributed by atoms with Crippen LogP contribution >= 0.6 is 0 Å². The number of carbonyl (C=O) groups excluding carboxylic acids is 2. The normalized spacial score (nSPS) is 32.6. The molecule has 2 aliphatic carbocycles. The Balaban J connectivity index is 1.65. The van der Waals surface area contributed by atoms with Crippen molar-refractivity contribution < 1.29 is 19.5 Å². The predicted octanol–water partition coefficient (Wildman–Crippen LogP) is -0.803. The van der Waals surface area contributed by atoms with Gasteiger partial charge in [-0.3, -0.25) is 19.3 Å². The number of carboxylic acids is 1. The first-order valence-electron chi connectivity index (χ1n) is 5.92. The number of nitrogens with one attached hydrogen (secondary N) is 1. The first kappa shape index (κ1) is 10.7. The first-order chi connectivity index (χ1) is 8.08. The van der Waals surface area contributed by atoms with Crippen molar-refractivity contribution in [3.8, 4) is 0 Å². The minimum Gasteiger partial charge on any atom is -0.480 e. The number of carbonyl (C=O) groups is 3. The molecular formula is C11H14N2O4. The molecule has 3 rings (SSSR count). The number of piperidine rings is 1. The standard InChI is InChI=1S/C11H14N2O4/c14-9-6-3-7(6)10(15)13(9)4-8(11(16)17)12-5-1-2-5/h5-8,12H,1-4H2,(H,16,17). The molecule has 17 heavy (non-hydrogen) atoms. The highest BCUT2D eigenvalue weighted by atomic mass is 16.4. The molecule has 3 unspecified atom stereocenters. The highest BCUT2D eigenvalue weighted by Gasteiger charge is 2.59. The SMILES string of the molecule is O=C(O)C(CN1C(=O)C2CC2C1=O)NC1CC1. The van der Waals surface area contributed by atoms with E-state index >= 15 is 0 Å². The number of likely N-dealkylation sites (tertiary alicyclic amines) is 1. The molecule has 1 saturated heterocycles. The summed E-state index contributed by atoms with van der Waals surface area (Å²) in [5.74, 6) is -1.69. The third-order valence-electron chi connectivity index (χ3n) is 3.63. The third-order valence-corrected chi connectivity index (χ3v) is 3.63. The molecule has 0 aromatic carbocycles. The quantitative estimate of drug-likeness (QED) is 0.612. The predicted molar refractivity (Wildman–Crippen MR) is 55.9 cm³/mol. The van der Waals surface area contributed by atoms with Crippen LogP contribution in [0.15, 0.2) is 0 Å². The van der Waals surface area contributed by atoms with E-state index in [2.05, 4.69) is 5.32 Å². The van der Waals surface area contributed by atoms with Gasteiger partial charge in [0.2, 0.25) is 11.8 Å². The fraction of sp³-hybridized carbons (Fsp3) is 0.727. The molecule has 0 bridgehead atoms. The van der Waals surface area contributed by atoms with Crippen molar-refractivity contribution in [3.05, 3.63) is 0 Å². The van der Waals surface area contributed by atoms with Gasteiger partial charge in [0.1, 0.15) is 6.04 Å². The van der Waals surface area contributed by atoms with Gasteiger partial charge in [-0.2, -0.15) is 0 Å². The maximum absolute atomic E-state index is 11.7. The van der Waals surface area contributed by atoms with E-state index in [1.165, 1.54) is 0 Å². The number of hydrogen-bond acceptors (Lipinski definition) is 4. The summed E-state index contributed by atoms with van der Waals surface area (Å²) < 4.78 is 0. The molecule has 0 aromatic rings. The first-order valence-corrected chi connectivity index (χ1v) is 5.92. The summed E-state index contributed by atoms with van der Waals surface area (Å²) in [5.41, 5.74) is 0. The van der Waals surface area contributed by atoms with Gasteiger partial charge in [-0.25, -0.2) is 0 Å². The van der Waals surface area contributed by atoms with Crippen molar-refractivity contribution in [1.29, 1.82) is 0 Å². The number of imide groups is 1. The minimum absolute atomic E-state index is 0.0312. The van der Waals surface area contributed by atoms with Gasteiger partial charge in [0.15, 0.2) is 0 Å². The molecule has 3 fully saturated rings. The highest BCUT2D eigenvalue weighted by Crippen LogP contribution is 2.46. The molecule has 0 spiro atoms. The molecule has 6 nitrogen and oxygen atoms in total. The summed E-state index contributed by atoms with van der Waals surface area (Å²) in [7, 11) is 0. The van der Waals surface area contributed by atoms with E-state index in [4.69, 9.17) is 5.11 Å². The zero-order valence-corrected chi connectivity index (χ0v) is 9.26. The van der Waals surface area contributed by atoms with Gasteiger partial charge < -0.3 is 10.4 Å². The number of aliphatic carboxylic acids is 1. The van der Waals surface area contributed by atoms with E-state index < -0.39 is 12.0 Å². The fourth-order valence-corrected chi connectivity index (χ4v) is 2.35. The summed E-state index contributed by atoms with van der Waals surface area (Å²) in [6.07, 6.45) is 2.59. The van der Waals surface area contributed by atoms with Gasteiger partial charge in [0.05, 0.1) is 18.4 Å². The molecular weight excluding hydrogens is 224 g/mol. The summed E-state index contributed by atoms with van der Waals surface area (Å²) in [5, 5.41) is 12.0. The van der Waals surface area contributed by atoms with Crippen LogP contribution in [0.5, 0.6) is 0 Å². The van der Waals surface area contributed by atoms with E-state index in [0.29, 0.717) is 6.42 Å². The Hall–Kier alpha value is -1.43. The molecule has 1 heterocycles. The lowest BCUT2D eigenvalue weighted by Crippen LogP contribution is -2.49. The van der Waals surface area contributed by atoms with Crippen molar-refractivity contribution in [3.63, 3.8) is 0 Å². The maximum Gasteiger partial charge on any atom is 0.322 e. The Kier molecular flexibility index (Phi) is 2.22. The highest BCUT2D eigenvalue weighted by molar-refractivity contribution is 6.09. The number of nitrogens with zero attached hydrogens (tertiary/aromatic N) is 1. The zero-order chi connectivity index (χ0) is 12.2. The van der Waals surface area contributed by atoms with Gasteiger partial charge in [0, 0.05) is 6.04 Å². The Morgan fingerprint density at radius 1 is 1.35 bits per heavy atom. The molecule has 2 amide bonds. The van der Waals surface area contributed by atoms with Crippen LogP contribution in [0, 0.1) is 11.8 Å². The third kappa shape index (κ3) is 1.82. The monoisotopic (exact) mass is 238 g/mol. The molecule has 3 atom stereocenters. The summed E-state index contributed by atoms with van der Waals surface area (Å²) in [4.78, 5) is 35.6. The van der Waals surface area contributed by atoms with E-state index in [0.717, 1.165) is 17.7 Å². The van der Waals surface area contributed by atoms with Crippen LogP contribution in [0.25, 0.3) is 0 Å². The molecule has 2 N–H and O–H groups in total. The van der Waals surface area contributed by atoms with Gasteiger partial charge in [-0.1, -0.05) is 0 Å². The van der Waals surface area contributed by atoms with Gasteiger partial charge in [-0.15, -0.1) is 0 Å². The van der Waals surface area contributed by atoms with Crippen molar-refractivity contribution in [1.82, 2.24) is 10.2 Å². The lowest BCUT2D eigenvalue weighted by atomic mass is 10.2. The molecule has 0 aromatic heterocycles. The zero-order valence-electron chi connectivity index (χ0n) is 9.26. The lowest BCUT2D eigenvalue weighted by Gasteiger charge is -2.21. The number of carboxylic acid groups (broad SMARTS) is 1. The summed E-state index contributed by atoms with van der Waals surface area (Å²) in [6.45, 7) is -0.0312. The van der Waals surface area contributed by atoms with Crippen molar-refractivity contribution in [2.24, 2.45) is 11.8 Å². The van der Waals surface area contributed by atoms with Crippen LogP contribution in [-0.2, 0) is 14.4 Å². The van der Waals surface area contributed by atoms with Crippen molar-refractivity contribution in [2.45, 2.75) is 31.3 Å². The average Bonchev–Trinajstić information content (AvgIpc) is 3.12. The van der Waals surface area contributed by atoms with Gasteiger partial charge in [-0.05, 0) is 19.3 Å². The largest absolute Gasteiger partial charge is 0.480 e. The molecule has 6 heteroatoms. The number of rotatable bonds is 5. The number of hydrogen-bond donors (Lipinski definition) is 2. The second-order valence-electron chi connectivity index (χ2n) is 5.07. The van der Waals surface area contributed by atoms with Crippen LogP contribution in [-0.4, -0.2) is 46.4 Å². The van der Waals surface area contributed by atoms with Crippen LogP contribution < -0.4 is 5.32 Å². The lowest BCUT2D eigenvalue weighted by molar-refractivity contribution is -0.144. The van der Waals surface area contributed by atoms with Crippen LogP contribution in [0.3, 0.4) is 0 Å². The second kappa shape index (κ2) is 3.53. The number of amides is 2. The summed E-state index contributed by atoms with van der Waals surface area (Å²) in [6, 6.07) is -0.591. The van der Waals surface area contributed by atoms with Crippen LogP contribution in [0.4, 0.5) is 0 Å². The molecule has 1 aliphatic heterocycles. The van der Waals surface area contributed by atoms with Crippen LogP contribution in [0.1, 0.15) is 19.3 Å². The topological polar surface area (TPSA) is 86.7 Å². The number of fused-ring (bicyclic) bond motifs is 1. The van der Waals surface area contributed by atoms with E-state index in [1.807, 2.05) is 0 Å². The van der Waals surface area contributed by atoms with Gasteiger partial charge in [0.25, 0.3) is 0 Å². The minimum atomic E-state index is -1.00. The summed E-state index contributed by atoms with van der Waals surface area (Å²) >= 11 is 0. The Morgan fingerprint density at radius 2 is 1.94 bits per heavy atom. The Bertz CT molecular complexity index is 384. The van der Waals surface area contributed by atoms with E-state index in [-0.39, 0.29) is 36.2 Å². The maximum atomic E-state index is 11.7. The van der Waals surface area contributed by atoms with Crippen LogP contribution in [0.2, 0.25) is 0 Å². The van der Waals surface area contributed by atoms with Crippen molar-refractivity contribution in [2.75, 3.05) is 6.54 Å². The molecule has 92 valence electrons. The van der Waals surface area contributed by atoms with E-state index in [1.54, 1.807) is 0 Å². The Morgan fingerprint density at radius 3 is 2.41 bits per heavy atom. The molecule has 0 radical (unpaired) electrons. The average molecular weight is 238 g/mol.